The van der Waals surface area contributed by atoms with Gasteiger partial charge in [-0.1, -0.05) is 42.5 Å². The number of rotatable bonds is 7. The summed E-state index contributed by atoms with van der Waals surface area (Å²) in [7, 11) is 0. The van der Waals surface area contributed by atoms with E-state index < -0.39 is 0 Å². The van der Waals surface area contributed by atoms with Gasteiger partial charge in [-0.3, -0.25) is 0 Å². The number of halogens is 1. The maximum Gasteiger partial charge on any atom is 0.123 e. The van der Waals surface area contributed by atoms with Crippen molar-refractivity contribution in [2.75, 3.05) is 26.2 Å². The van der Waals surface area contributed by atoms with Gasteiger partial charge in [0, 0.05) is 12.6 Å². The van der Waals surface area contributed by atoms with Crippen molar-refractivity contribution in [3.8, 4) is 0 Å². The molecule has 0 aromatic heterocycles. The van der Waals surface area contributed by atoms with Gasteiger partial charge < -0.3 is 10.2 Å². The van der Waals surface area contributed by atoms with Gasteiger partial charge in [-0.05, 0) is 68.6 Å². The fourth-order valence-electron chi connectivity index (χ4n) is 3.36. The van der Waals surface area contributed by atoms with Crippen LogP contribution in [-0.2, 0) is 12.8 Å². The zero-order chi connectivity index (χ0) is 16.6. The lowest BCUT2D eigenvalue weighted by Crippen LogP contribution is -2.43. The standard InChI is InChI=1S/C21H27FN2/c22-20-8-6-19(7-9-20)10-14-23-21-12-16-24(17-13-21)15-11-18-4-2-1-3-5-18/h1-9,21,23H,10-17H2. The molecule has 1 saturated heterocycles. The average Bonchev–Trinajstić information content (AvgIpc) is 2.64. The van der Waals surface area contributed by atoms with Crippen LogP contribution < -0.4 is 5.32 Å². The Kier molecular flexibility index (Phi) is 6.39. The van der Waals surface area contributed by atoms with E-state index >= 15 is 0 Å². The van der Waals surface area contributed by atoms with Gasteiger partial charge in [-0.2, -0.15) is 0 Å². The molecule has 128 valence electrons. The highest BCUT2D eigenvalue weighted by atomic mass is 19.1. The first kappa shape index (κ1) is 17.1. The normalized spacial score (nSPS) is 16.4. The molecule has 2 aromatic rings. The van der Waals surface area contributed by atoms with E-state index in [1.807, 2.05) is 12.1 Å². The zero-order valence-electron chi connectivity index (χ0n) is 14.3. The minimum atomic E-state index is -0.158. The number of likely N-dealkylation sites (tertiary alicyclic amines) is 1. The maximum absolute atomic E-state index is 12.9. The van der Waals surface area contributed by atoms with Crippen LogP contribution in [0, 0.1) is 5.82 Å². The summed E-state index contributed by atoms with van der Waals surface area (Å²) in [5, 5.41) is 3.66. The van der Waals surface area contributed by atoms with Crippen LogP contribution in [0.2, 0.25) is 0 Å². The first-order valence-electron chi connectivity index (χ1n) is 9.04. The van der Waals surface area contributed by atoms with Crippen LogP contribution in [0.15, 0.2) is 54.6 Å². The van der Waals surface area contributed by atoms with Crippen LogP contribution in [0.5, 0.6) is 0 Å². The van der Waals surface area contributed by atoms with Crippen molar-refractivity contribution in [1.82, 2.24) is 10.2 Å². The van der Waals surface area contributed by atoms with Crippen molar-refractivity contribution in [3.05, 3.63) is 71.5 Å². The summed E-state index contributed by atoms with van der Waals surface area (Å²) in [4.78, 5) is 2.57. The van der Waals surface area contributed by atoms with E-state index in [-0.39, 0.29) is 5.82 Å². The Balaban J connectivity index is 1.31. The summed E-state index contributed by atoms with van der Waals surface area (Å²) in [5.41, 5.74) is 2.63. The summed E-state index contributed by atoms with van der Waals surface area (Å²) in [5.74, 6) is -0.158. The third-order valence-electron chi connectivity index (χ3n) is 4.91. The lowest BCUT2D eigenvalue weighted by Gasteiger charge is -2.32. The predicted octanol–water partition coefficient (Wildman–Crippen LogP) is 3.66. The second-order valence-electron chi connectivity index (χ2n) is 6.68. The molecule has 0 spiro atoms. The number of benzene rings is 2. The lowest BCUT2D eigenvalue weighted by molar-refractivity contribution is 0.200. The van der Waals surface area contributed by atoms with Gasteiger partial charge in [0.25, 0.3) is 0 Å². The third-order valence-corrected chi connectivity index (χ3v) is 4.91. The molecule has 3 rings (SSSR count). The number of hydrogen-bond acceptors (Lipinski definition) is 2. The molecule has 0 atom stereocenters. The van der Waals surface area contributed by atoms with Crippen LogP contribution in [0.3, 0.4) is 0 Å². The molecule has 0 saturated carbocycles. The van der Waals surface area contributed by atoms with Gasteiger partial charge in [0.2, 0.25) is 0 Å². The summed E-state index contributed by atoms with van der Waals surface area (Å²) >= 11 is 0. The van der Waals surface area contributed by atoms with Gasteiger partial charge in [0.15, 0.2) is 0 Å². The molecule has 24 heavy (non-hydrogen) atoms. The van der Waals surface area contributed by atoms with E-state index in [1.165, 1.54) is 37.1 Å². The molecule has 1 heterocycles. The van der Waals surface area contributed by atoms with Crippen LogP contribution in [0.4, 0.5) is 4.39 Å². The van der Waals surface area contributed by atoms with Crippen LogP contribution in [0.25, 0.3) is 0 Å². The fraction of sp³-hybridized carbons (Fsp3) is 0.429. The topological polar surface area (TPSA) is 15.3 Å². The Hall–Kier alpha value is -1.71. The second kappa shape index (κ2) is 8.95. The summed E-state index contributed by atoms with van der Waals surface area (Å²) in [6.45, 7) is 4.49. The maximum atomic E-state index is 12.9. The minimum Gasteiger partial charge on any atom is -0.314 e. The van der Waals surface area contributed by atoms with Crippen molar-refractivity contribution in [3.63, 3.8) is 0 Å². The minimum absolute atomic E-state index is 0.158. The van der Waals surface area contributed by atoms with Crippen molar-refractivity contribution in [2.45, 2.75) is 31.7 Å². The van der Waals surface area contributed by atoms with Crippen molar-refractivity contribution in [1.29, 1.82) is 0 Å². The van der Waals surface area contributed by atoms with E-state index in [4.69, 9.17) is 0 Å². The van der Waals surface area contributed by atoms with Gasteiger partial charge >= 0.3 is 0 Å². The molecule has 3 heteroatoms. The molecule has 0 bridgehead atoms. The Labute approximate surface area is 144 Å². The molecular weight excluding hydrogens is 299 g/mol. The van der Waals surface area contributed by atoms with Crippen molar-refractivity contribution in [2.24, 2.45) is 0 Å². The SMILES string of the molecule is Fc1ccc(CCNC2CCN(CCc3ccccc3)CC2)cc1. The molecule has 1 fully saturated rings. The Bertz CT molecular complexity index is 589. The number of nitrogens with zero attached hydrogens (tertiary/aromatic N) is 1. The highest BCUT2D eigenvalue weighted by Crippen LogP contribution is 2.12. The van der Waals surface area contributed by atoms with E-state index in [2.05, 4.69) is 40.5 Å². The van der Waals surface area contributed by atoms with Gasteiger partial charge in [0.1, 0.15) is 5.82 Å². The summed E-state index contributed by atoms with van der Waals surface area (Å²) < 4.78 is 12.9. The van der Waals surface area contributed by atoms with Crippen LogP contribution in [0.1, 0.15) is 24.0 Å². The number of piperidine rings is 1. The zero-order valence-corrected chi connectivity index (χ0v) is 14.3. The Morgan fingerprint density at radius 3 is 2.25 bits per heavy atom. The highest BCUT2D eigenvalue weighted by Gasteiger charge is 2.18. The van der Waals surface area contributed by atoms with Gasteiger partial charge in [-0.25, -0.2) is 4.39 Å². The quantitative estimate of drug-likeness (QED) is 0.835. The number of hydrogen-bond donors (Lipinski definition) is 1. The molecule has 0 unspecified atom stereocenters. The molecular formula is C21H27FN2. The Morgan fingerprint density at radius 2 is 1.54 bits per heavy atom. The van der Waals surface area contributed by atoms with E-state index in [9.17, 15) is 4.39 Å². The predicted molar refractivity (Wildman–Crippen MR) is 97.7 cm³/mol. The molecule has 1 aliphatic rings. The van der Waals surface area contributed by atoms with Gasteiger partial charge in [-0.15, -0.1) is 0 Å². The first-order chi connectivity index (χ1) is 11.8. The van der Waals surface area contributed by atoms with Crippen molar-refractivity contribution < 1.29 is 4.39 Å². The molecule has 1 aliphatic heterocycles. The van der Waals surface area contributed by atoms with Gasteiger partial charge in [0.05, 0.1) is 0 Å². The Morgan fingerprint density at radius 1 is 0.875 bits per heavy atom. The van der Waals surface area contributed by atoms with E-state index in [1.54, 1.807) is 12.1 Å². The molecule has 2 nitrogen and oxygen atoms in total. The average molecular weight is 326 g/mol. The lowest BCUT2D eigenvalue weighted by atomic mass is 10.0. The second-order valence-corrected chi connectivity index (χ2v) is 6.68. The van der Waals surface area contributed by atoms with E-state index in [0.717, 1.165) is 25.9 Å². The van der Waals surface area contributed by atoms with Crippen LogP contribution in [-0.4, -0.2) is 37.1 Å². The molecule has 1 N–H and O–H groups in total. The fourth-order valence-corrected chi connectivity index (χ4v) is 3.36. The summed E-state index contributed by atoms with van der Waals surface area (Å²) in [6, 6.07) is 18.2. The molecule has 0 aliphatic carbocycles. The first-order valence-corrected chi connectivity index (χ1v) is 9.04. The molecule has 2 aromatic carbocycles. The number of nitrogens with one attached hydrogen (secondary N) is 1. The molecule has 0 radical (unpaired) electrons. The largest absolute Gasteiger partial charge is 0.314 e. The highest BCUT2D eigenvalue weighted by molar-refractivity contribution is 5.16. The summed E-state index contributed by atoms with van der Waals surface area (Å²) in [6.07, 6.45) is 4.55. The van der Waals surface area contributed by atoms with Crippen molar-refractivity contribution >= 4 is 0 Å². The molecule has 0 amide bonds. The van der Waals surface area contributed by atoms with Crippen LogP contribution >= 0.6 is 0 Å². The third kappa shape index (κ3) is 5.43. The smallest absolute Gasteiger partial charge is 0.123 e. The monoisotopic (exact) mass is 326 g/mol. The van der Waals surface area contributed by atoms with E-state index in [0.29, 0.717) is 6.04 Å².